The Bertz CT molecular complexity index is 754. The number of hydrogen-bond donors (Lipinski definition) is 2. The minimum atomic E-state index is -0.0723. The number of piperidine rings is 1. The van der Waals surface area contributed by atoms with Crippen molar-refractivity contribution in [3.63, 3.8) is 0 Å². The summed E-state index contributed by atoms with van der Waals surface area (Å²) in [6.07, 6.45) is 6.29. The van der Waals surface area contributed by atoms with Crippen LogP contribution in [0.2, 0.25) is 0 Å². The van der Waals surface area contributed by atoms with Gasteiger partial charge in [0.25, 0.3) is 5.91 Å². The van der Waals surface area contributed by atoms with Gasteiger partial charge in [0, 0.05) is 12.7 Å². The van der Waals surface area contributed by atoms with Crippen LogP contribution in [0.15, 0.2) is 36.5 Å². The Hall–Kier alpha value is -1.85. The minimum absolute atomic E-state index is 0. The van der Waals surface area contributed by atoms with Crippen molar-refractivity contribution < 1.29 is 4.79 Å². The molecule has 1 saturated heterocycles. The van der Waals surface area contributed by atoms with Gasteiger partial charge in [-0.25, -0.2) is 0 Å². The summed E-state index contributed by atoms with van der Waals surface area (Å²) in [5.41, 5.74) is 3.13. The van der Waals surface area contributed by atoms with Crippen molar-refractivity contribution in [3.8, 4) is 0 Å². The summed E-state index contributed by atoms with van der Waals surface area (Å²) in [5, 5.41) is 11.1. The van der Waals surface area contributed by atoms with E-state index in [0.29, 0.717) is 17.7 Å². The maximum atomic E-state index is 12.7. The van der Waals surface area contributed by atoms with E-state index < -0.39 is 0 Å². The van der Waals surface area contributed by atoms with Crippen LogP contribution in [0.5, 0.6) is 0 Å². The summed E-state index contributed by atoms with van der Waals surface area (Å²) in [6.45, 7) is 4.26. The molecule has 2 aliphatic rings. The number of fused-ring (bicyclic) bond motifs is 1. The van der Waals surface area contributed by atoms with E-state index in [2.05, 4.69) is 46.9 Å². The van der Waals surface area contributed by atoms with Crippen LogP contribution < -0.4 is 10.6 Å². The molecule has 1 amide bonds. The van der Waals surface area contributed by atoms with Crippen molar-refractivity contribution in [1.82, 2.24) is 20.4 Å². The van der Waals surface area contributed by atoms with Gasteiger partial charge < -0.3 is 10.6 Å². The number of nitrogens with zero attached hydrogens (tertiary/aromatic N) is 2. The first-order valence-corrected chi connectivity index (χ1v) is 9.38. The van der Waals surface area contributed by atoms with Crippen molar-refractivity contribution in [2.24, 2.45) is 0 Å². The van der Waals surface area contributed by atoms with E-state index in [-0.39, 0.29) is 24.4 Å². The quantitative estimate of drug-likeness (QED) is 0.863. The molecular formula is C20H27ClN4O. The summed E-state index contributed by atoms with van der Waals surface area (Å²) in [4.78, 5) is 12.7. The molecule has 4 rings (SSSR count). The van der Waals surface area contributed by atoms with E-state index in [1.54, 1.807) is 0 Å². The first-order chi connectivity index (χ1) is 12.2. The second-order valence-corrected chi connectivity index (χ2v) is 7.31. The molecule has 1 aromatic carbocycles. The highest BCUT2D eigenvalue weighted by atomic mass is 35.5. The van der Waals surface area contributed by atoms with Crippen LogP contribution in [-0.4, -0.2) is 28.8 Å². The Kier molecular flexibility index (Phi) is 5.99. The summed E-state index contributed by atoms with van der Waals surface area (Å²) >= 11 is 0. The minimum Gasteiger partial charge on any atom is -0.344 e. The predicted octanol–water partition coefficient (Wildman–Crippen LogP) is 3.60. The topological polar surface area (TPSA) is 59.0 Å². The number of benzene rings is 1. The zero-order chi connectivity index (χ0) is 17.2. The molecule has 1 aromatic heterocycles. The molecule has 26 heavy (non-hydrogen) atoms. The molecule has 1 fully saturated rings. The Labute approximate surface area is 161 Å². The van der Waals surface area contributed by atoms with Crippen molar-refractivity contribution in [3.05, 3.63) is 53.3 Å². The number of carbonyl (C=O) groups excluding carboxylic acids is 1. The normalized spacial score (nSPS) is 25.0. The molecule has 3 unspecified atom stereocenters. The van der Waals surface area contributed by atoms with Gasteiger partial charge in [0.2, 0.25) is 0 Å². The van der Waals surface area contributed by atoms with Crippen LogP contribution in [0.4, 0.5) is 0 Å². The second kappa shape index (κ2) is 8.23. The van der Waals surface area contributed by atoms with Gasteiger partial charge in [-0.05, 0) is 55.3 Å². The summed E-state index contributed by atoms with van der Waals surface area (Å²) in [5.74, 6) is 0.485. The molecule has 6 heteroatoms. The third-order valence-corrected chi connectivity index (χ3v) is 5.58. The molecule has 1 aliphatic carbocycles. The Morgan fingerprint density at radius 1 is 1.19 bits per heavy atom. The SMILES string of the molecule is CC1CCC(NC(=O)c2ccn(C3CCCNC3)n2)c2ccccc21.Cl. The highest BCUT2D eigenvalue weighted by Crippen LogP contribution is 2.37. The molecule has 2 aromatic rings. The molecule has 0 bridgehead atoms. The molecule has 0 radical (unpaired) electrons. The highest BCUT2D eigenvalue weighted by Gasteiger charge is 2.26. The van der Waals surface area contributed by atoms with Gasteiger partial charge in [-0.2, -0.15) is 5.10 Å². The average Bonchev–Trinajstić information content (AvgIpc) is 3.15. The van der Waals surface area contributed by atoms with Gasteiger partial charge >= 0.3 is 0 Å². The first kappa shape index (κ1) is 18.9. The fourth-order valence-corrected chi connectivity index (χ4v) is 4.11. The predicted molar refractivity (Wildman–Crippen MR) is 105 cm³/mol. The van der Waals surface area contributed by atoms with E-state index in [1.807, 2.05) is 16.9 Å². The number of aromatic nitrogens is 2. The Morgan fingerprint density at radius 2 is 2.00 bits per heavy atom. The van der Waals surface area contributed by atoms with Gasteiger partial charge in [0.1, 0.15) is 5.69 Å². The van der Waals surface area contributed by atoms with E-state index in [4.69, 9.17) is 0 Å². The van der Waals surface area contributed by atoms with Crippen LogP contribution in [0, 0.1) is 0 Å². The van der Waals surface area contributed by atoms with E-state index in [0.717, 1.165) is 38.8 Å². The lowest BCUT2D eigenvalue weighted by Crippen LogP contribution is -2.33. The third-order valence-electron chi connectivity index (χ3n) is 5.58. The van der Waals surface area contributed by atoms with Gasteiger partial charge in [0.15, 0.2) is 0 Å². The molecule has 2 heterocycles. The zero-order valence-corrected chi connectivity index (χ0v) is 16.0. The van der Waals surface area contributed by atoms with Crippen molar-refractivity contribution >= 4 is 18.3 Å². The number of rotatable bonds is 3. The zero-order valence-electron chi connectivity index (χ0n) is 15.1. The molecule has 0 saturated carbocycles. The smallest absolute Gasteiger partial charge is 0.272 e. The second-order valence-electron chi connectivity index (χ2n) is 7.31. The van der Waals surface area contributed by atoms with E-state index in [1.165, 1.54) is 11.1 Å². The highest BCUT2D eigenvalue weighted by molar-refractivity contribution is 5.92. The molecule has 0 spiro atoms. The summed E-state index contributed by atoms with van der Waals surface area (Å²) in [6, 6.07) is 10.7. The standard InChI is InChI=1S/C20H26N4O.ClH/c1-14-8-9-18(17-7-3-2-6-16(14)17)22-20(25)19-10-12-24(23-19)15-5-4-11-21-13-15;/h2-3,6-7,10,12,14-15,18,21H,4-5,8-9,11,13H2,1H3,(H,22,25);1H. The molecule has 140 valence electrons. The van der Waals surface area contributed by atoms with Gasteiger partial charge in [-0.1, -0.05) is 31.2 Å². The fourth-order valence-electron chi connectivity index (χ4n) is 4.11. The molecule has 1 aliphatic heterocycles. The summed E-state index contributed by atoms with van der Waals surface area (Å²) in [7, 11) is 0. The van der Waals surface area contributed by atoms with E-state index >= 15 is 0 Å². The van der Waals surface area contributed by atoms with Crippen molar-refractivity contribution in [2.45, 2.75) is 50.6 Å². The number of carbonyl (C=O) groups is 1. The lowest BCUT2D eigenvalue weighted by molar-refractivity contribution is 0.0925. The van der Waals surface area contributed by atoms with Crippen molar-refractivity contribution in [2.75, 3.05) is 13.1 Å². The van der Waals surface area contributed by atoms with Crippen LogP contribution >= 0.6 is 12.4 Å². The monoisotopic (exact) mass is 374 g/mol. The average molecular weight is 375 g/mol. The van der Waals surface area contributed by atoms with Crippen LogP contribution in [0.1, 0.15) is 72.2 Å². The number of nitrogens with one attached hydrogen (secondary N) is 2. The maximum absolute atomic E-state index is 12.7. The van der Waals surface area contributed by atoms with Crippen LogP contribution in [-0.2, 0) is 0 Å². The van der Waals surface area contributed by atoms with E-state index in [9.17, 15) is 4.79 Å². The molecular weight excluding hydrogens is 348 g/mol. The Balaban J connectivity index is 0.00000196. The Morgan fingerprint density at radius 3 is 2.77 bits per heavy atom. The van der Waals surface area contributed by atoms with Crippen LogP contribution in [0.25, 0.3) is 0 Å². The number of amides is 1. The fraction of sp³-hybridized carbons (Fsp3) is 0.500. The largest absolute Gasteiger partial charge is 0.344 e. The summed E-state index contributed by atoms with van der Waals surface area (Å²) < 4.78 is 1.94. The maximum Gasteiger partial charge on any atom is 0.272 e. The van der Waals surface area contributed by atoms with Crippen LogP contribution in [0.3, 0.4) is 0 Å². The van der Waals surface area contributed by atoms with Gasteiger partial charge in [-0.3, -0.25) is 9.48 Å². The van der Waals surface area contributed by atoms with Gasteiger partial charge in [-0.15, -0.1) is 12.4 Å². The van der Waals surface area contributed by atoms with Crippen molar-refractivity contribution in [1.29, 1.82) is 0 Å². The molecule has 5 nitrogen and oxygen atoms in total. The third kappa shape index (κ3) is 3.79. The lowest BCUT2D eigenvalue weighted by atomic mass is 9.81. The molecule has 2 N–H and O–H groups in total. The van der Waals surface area contributed by atoms with Gasteiger partial charge in [0.05, 0.1) is 12.1 Å². The lowest BCUT2D eigenvalue weighted by Gasteiger charge is -2.30. The number of halogens is 1. The molecule has 3 atom stereocenters. The number of hydrogen-bond acceptors (Lipinski definition) is 3. The first-order valence-electron chi connectivity index (χ1n) is 9.38.